The van der Waals surface area contributed by atoms with E-state index in [0.717, 1.165) is 12.8 Å². The fourth-order valence-electron chi connectivity index (χ4n) is 1.67. The van der Waals surface area contributed by atoms with E-state index in [0.29, 0.717) is 6.42 Å². The van der Waals surface area contributed by atoms with Crippen molar-refractivity contribution in [1.82, 2.24) is 0 Å². The first-order chi connectivity index (χ1) is 8.81. The minimum Gasteiger partial charge on any atom is -0.217 e. The van der Waals surface area contributed by atoms with Gasteiger partial charge in [-0.05, 0) is 18.6 Å². The lowest BCUT2D eigenvalue weighted by molar-refractivity contribution is 0.0821. The summed E-state index contributed by atoms with van der Waals surface area (Å²) in [7, 11) is -4.60. The Morgan fingerprint density at radius 1 is 1.26 bits per heavy atom. The van der Waals surface area contributed by atoms with E-state index in [-0.39, 0.29) is 8.82 Å². The molecule has 2 nitrogen and oxygen atoms in total. The first-order valence-electron chi connectivity index (χ1n) is 6.13. The lowest BCUT2D eigenvalue weighted by Gasteiger charge is -2.20. The number of sulfone groups is 1. The molecule has 0 bridgehead atoms. The molecule has 108 valence electrons. The lowest BCUT2D eigenvalue weighted by Crippen LogP contribution is -2.31. The maximum atomic E-state index is 14.0. The molecule has 0 radical (unpaired) electrons. The zero-order chi connectivity index (χ0) is 14.5. The normalized spacial score (nSPS) is 14.3. The summed E-state index contributed by atoms with van der Waals surface area (Å²) in [5, 5.41) is -3.71. The molecule has 6 heteroatoms. The van der Waals surface area contributed by atoms with E-state index >= 15 is 0 Å². The molecule has 0 aliphatic carbocycles. The second-order valence-corrected chi connectivity index (χ2v) is 8.23. The molecule has 0 heterocycles. The Balaban J connectivity index is 2.87. The summed E-state index contributed by atoms with van der Waals surface area (Å²) in [6.07, 6.45) is 1.72. The largest absolute Gasteiger partial charge is 0.351 e. The second kappa shape index (κ2) is 6.97. The van der Waals surface area contributed by atoms with Crippen molar-refractivity contribution < 1.29 is 17.2 Å². The molecule has 0 saturated carbocycles. The molecule has 1 aromatic carbocycles. The summed E-state index contributed by atoms with van der Waals surface area (Å²) < 4.78 is 51.4. The predicted molar refractivity (Wildman–Crippen MR) is 80.5 cm³/mol. The third-order valence-electron chi connectivity index (χ3n) is 2.78. The zero-order valence-corrected chi connectivity index (χ0v) is 13.6. The van der Waals surface area contributed by atoms with E-state index in [1.807, 2.05) is 29.5 Å². The average Bonchev–Trinajstić information content (AvgIpc) is 2.36. The van der Waals surface area contributed by atoms with E-state index in [9.17, 15) is 17.2 Å². The zero-order valence-electron chi connectivity index (χ0n) is 10.7. The molecule has 1 rings (SSSR count). The van der Waals surface area contributed by atoms with E-state index in [4.69, 9.17) is 0 Å². The van der Waals surface area contributed by atoms with Crippen LogP contribution in [0.2, 0.25) is 0 Å². The van der Waals surface area contributed by atoms with Crippen molar-refractivity contribution in [2.75, 3.05) is 0 Å². The molecule has 0 aromatic heterocycles. The number of benzene rings is 1. The van der Waals surface area contributed by atoms with Gasteiger partial charge in [0.05, 0.1) is 4.90 Å². The molecular formula is C13H17F2IO2S. The highest BCUT2D eigenvalue weighted by atomic mass is 127. The molecule has 0 aliphatic heterocycles. The first-order valence-corrected chi connectivity index (χ1v) is 8.85. The van der Waals surface area contributed by atoms with Crippen LogP contribution >= 0.6 is 22.6 Å². The van der Waals surface area contributed by atoms with Crippen LogP contribution in [-0.4, -0.2) is 17.6 Å². The Bertz CT molecular complexity index is 489. The Kier molecular flexibility index (Phi) is 6.16. The molecule has 0 aliphatic rings. The van der Waals surface area contributed by atoms with Crippen molar-refractivity contribution in [1.29, 1.82) is 0 Å². The van der Waals surface area contributed by atoms with E-state index in [1.165, 1.54) is 24.3 Å². The summed E-state index contributed by atoms with van der Waals surface area (Å²) in [6.45, 7) is 1.97. The Morgan fingerprint density at radius 3 is 2.37 bits per heavy atom. The first kappa shape index (κ1) is 16.8. The van der Waals surface area contributed by atoms with Gasteiger partial charge in [-0.1, -0.05) is 60.6 Å². The summed E-state index contributed by atoms with van der Waals surface area (Å²) >= 11 is 1.91. The second-order valence-electron chi connectivity index (χ2n) is 4.40. The van der Waals surface area contributed by atoms with Gasteiger partial charge in [0.2, 0.25) is 9.84 Å². The molecule has 19 heavy (non-hydrogen) atoms. The van der Waals surface area contributed by atoms with Crippen molar-refractivity contribution in [3.63, 3.8) is 0 Å². The minimum atomic E-state index is -4.60. The highest BCUT2D eigenvalue weighted by Gasteiger charge is 2.46. The minimum absolute atomic E-state index is 0.320. The van der Waals surface area contributed by atoms with Crippen molar-refractivity contribution in [2.24, 2.45) is 0 Å². The molecule has 0 fully saturated rings. The summed E-state index contributed by atoms with van der Waals surface area (Å²) in [6, 6.07) is 6.90. The lowest BCUT2D eigenvalue weighted by atomic mass is 10.1. The quantitative estimate of drug-likeness (QED) is 0.499. The fraction of sp³-hybridized carbons (Fsp3) is 0.538. The van der Waals surface area contributed by atoms with Crippen molar-refractivity contribution in [3.05, 3.63) is 30.3 Å². The highest BCUT2D eigenvalue weighted by Crippen LogP contribution is 2.36. The van der Waals surface area contributed by atoms with Crippen LogP contribution in [0.5, 0.6) is 0 Å². The molecule has 0 spiro atoms. The van der Waals surface area contributed by atoms with Gasteiger partial charge in [-0.3, -0.25) is 0 Å². The fourth-order valence-corrected chi connectivity index (χ4v) is 4.24. The van der Waals surface area contributed by atoms with Crippen LogP contribution in [-0.2, 0) is 9.84 Å². The monoisotopic (exact) mass is 402 g/mol. The average molecular weight is 402 g/mol. The maximum Gasteiger partial charge on any atom is 0.351 e. The molecule has 1 unspecified atom stereocenters. The van der Waals surface area contributed by atoms with Crippen molar-refractivity contribution in [3.8, 4) is 0 Å². The van der Waals surface area contributed by atoms with Crippen LogP contribution in [0, 0.1) is 0 Å². The summed E-state index contributed by atoms with van der Waals surface area (Å²) in [5.74, 6) is 0. The van der Waals surface area contributed by atoms with Crippen molar-refractivity contribution >= 4 is 32.4 Å². The third kappa shape index (κ3) is 4.37. The molecular weight excluding hydrogens is 385 g/mol. The summed E-state index contributed by atoms with van der Waals surface area (Å²) in [4.78, 5) is -0.320. The predicted octanol–water partition coefficient (Wildman–Crippen LogP) is 4.44. The van der Waals surface area contributed by atoms with Gasteiger partial charge in [0.25, 0.3) is 0 Å². The Hall–Kier alpha value is -0.240. The smallest absolute Gasteiger partial charge is 0.217 e. The third-order valence-corrected chi connectivity index (χ3v) is 5.69. The molecule has 1 aromatic rings. The van der Waals surface area contributed by atoms with Crippen LogP contribution < -0.4 is 0 Å². The van der Waals surface area contributed by atoms with Gasteiger partial charge >= 0.3 is 5.25 Å². The number of hydrogen-bond acceptors (Lipinski definition) is 2. The van der Waals surface area contributed by atoms with E-state index < -0.39 is 21.5 Å². The number of hydrogen-bond donors (Lipinski definition) is 0. The number of unbranched alkanes of at least 4 members (excludes halogenated alkanes) is 1. The highest BCUT2D eigenvalue weighted by molar-refractivity contribution is 14.1. The van der Waals surface area contributed by atoms with Gasteiger partial charge in [0, 0.05) is 10.3 Å². The molecule has 0 saturated heterocycles. The Labute approximate surface area is 126 Å². The Morgan fingerprint density at radius 2 is 1.84 bits per heavy atom. The van der Waals surface area contributed by atoms with Gasteiger partial charge < -0.3 is 0 Å². The summed E-state index contributed by atoms with van der Waals surface area (Å²) in [5.41, 5.74) is 0. The van der Waals surface area contributed by atoms with Crippen LogP contribution in [0.25, 0.3) is 0 Å². The van der Waals surface area contributed by atoms with Crippen LogP contribution in [0.4, 0.5) is 8.78 Å². The number of halogens is 3. The SMILES string of the molecule is CCCCC(I)CC(F)(F)S(=O)(=O)c1ccccc1. The van der Waals surface area contributed by atoms with Gasteiger partial charge in [0.1, 0.15) is 0 Å². The standard InChI is InChI=1S/C13H17F2IO2S/c1-2-3-7-11(16)10-13(14,15)19(17,18)12-8-5-4-6-9-12/h4-6,8-9,11H,2-3,7,10H2,1H3. The van der Waals surface area contributed by atoms with Gasteiger partial charge in [-0.15, -0.1) is 0 Å². The maximum absolute atomic E-state index is 14.0. The molecule has 0 amide bonds. The molecule has 1 atom stereocenters. The number of alkyl halides is 3. The van der Waals surface area contributed by atoms with Gasteiger partial charge in [-0.25, -0.2) is 8.42 Å². The van der Waals surface area contributed by atoms with Gasteiger partial charge in [-0.2, -0.15) is 8.78 Å². The topological polar surface area (TPSA) is 34.1 Å². The van der Waals surface area contributed by atoms with Crippen LogP contribution in [0.3, 0.4) is 0 Å². The van der Waals surface area contributed by atoms with E-state index in [2.05, 4.69) is 0 Å². The molecule has 0 N–H and O–H groups in total. The number of rotatable bonds is 7. The van der Waals surface area contributed by atoms with Crippen LogP contribution in [0.1, 0.15) is 32.6 Å². The van der Waals surface area contributed by atoms with Gasteiger partial charge in [0.15, 0.2) is 0 Å². The van der Waals surface area contributed by atoms with Crippen molar-refractivity contribution in [2.45, 2.75) is 46.7 Å². The van der Waals surface area contributed by atoms with E-state index in [1.54, 1.807) is 6.07 Å². The van der Waals surface area contributed by atoms with Crippen LogP contribution in [0.15, 0.2) is 35.2 Å².